The number of aliphatic imine (C=N–C) groups is 1. The van der Waals surface area contributed by atoms with E-state index in [1.807, 2.05) is 0 Å². The first-order valence-corrected chi connectivity index (χ1v) is 5.18. The minimum atomic E-state index is -3.20. The fourth-order valence-corrected chi connectivity index (χ4v) is 1.20. The topological polar surface area (TPSA) is 114 Å². The molecule has 5 N–H and O–H groups in total. The van der Waals surface area contributed by atoms with Gasteiger partial charge in [-0.1, -0.05) is 0 Å². The molecule has 0 spiro atoms. The van der Waals surface area contributed by atoms with Crippen molar-refractivity contribution >= 4 is 16.0 Å². The van der Waals surface area contributed by atoms with Gasteiger partial charge in [-0.3, -0.25) is 10.4 Å². The van der Waals surface area contributed by atoms with Crippen LogP contribution >= 0.6 is 0 Å². The van der Waals surface area contributed by atoms with E-state index in [0.29, 0.717) is 0 Å². The fraction of sp³-hybridized carbons (Fsp3) is 0.800. The van der Waals surface area contributed by atoms with Gasteiger partial charge in [-0.2, -0.15) is 0 Å². The zero-order chi connectivity index (χ0) is 10.5. The average Bonchev–Trinajstić information content (AvgIpc) is 2.03. The molecule has 0 aromatic carbocycles. The molecule has 78 valence electrons. The minimum Gasteiger partial charge on any atom is -0.369 e. The molecule has 0 saturated heterocycles. The van der Waals surface area contributed by atoms with Crippen molar-refractivity contribution in [2.24, 2.45) is 16.6 Å². The number of nitrogens with one attached hydrogen (secondary N) is 1. The van der Waals surface area contributed by atoms with Crippen LogP contribution in [0.25, 0.3) is 0 Å². The molecule has 0 heterocycles. The number of nitrogens with two attached hydrogens (primary N) is 2. The molecule has 0 aliphatic heterocycles. The molecule has 0 aliphatic rings. The summed E-state index contributed by atoms with van der Waals surface area (Å²) in [6.45, 7) is 0.0938. The van der Waals surface area contributed by atoms with Crippen LogP contribution in [-0.4, -0.2) is 45.1 Å². The lowest BCUT2D eigenvalue weighted by atomic mass is 10.8. The number of hydrogen-bond acceptors (Lipinski definition) is 4. The van der Waals surface area contributed by atoms with Gasteiger partial charge in [0.25, 0.3) is 0 Å². The SMILES string of the molecule is CN(C)S(=O)(=O)CCN=C(N)NN. The summed E-state index contributed by atoms with van der Waals surface area (Å²) in [4.78, 5) is 3.66. The van der Waals surface area contributed by atoms with Gasteiger partial charge >= 0.3 is 0 Å². The van der Waals surface area contributed by atoms with Crippen LogP contribution < -0.4 is 17.0 Å². The van der Waals surface area contributed by atoms with Gasteiger partial charge in [0.2, 0.25) is 16.0 Å². The van der Waals surface area contributed by atoms with Crippen molar-refractivity contribution in [2.75, 3.05) is 26.4 Å². The van der Waals surface area contributed by atoms with Crippen molar-refractivity contribution < 1.29 is 8.42 Å². The monoisotopic (exact) mass is 209 g/mol. The van der Waals surface area contributed by atoms with Gasteiger partial charge in [0, 0.05) is 14.1 Å². The van der Waals surface area contributed by atoms with Crippen LogP contribution in [0.15, 0.2) is 4.99 Å². The van der Waals surface area contributed by atoms with Crippen LogP contribution in [0.3, 0.4) is 0 Å². The Morgan fingerprint density at radius 2 is 2.08 bits per heavy atom. The highest BCUT2D eigenvalue weighted by molar-refractivity contribution is 7.89. The molecule has 0 atom stereocenters. The van der Waals surface area contributed by atoms with E-state index in [0.717, 1.165) is 4.31 Å². The predicted molar refractivity (Wildman–Crippen MR) is 51.3 cm³/mol. The van der Waals surface area contributed by atoms with Crippen molar-refractivity contribution in [3.05, 3.63) is 0 Å². The molecule has 0 rings (SSSR count). The van der Waals surface area contributed by atoms with Gasteiger partial charge in [-0.15, -0.1) is 0 Å². The van der Waals surface area contributed by atoms with E-state index >= 15 is 0 Å². The van der Waals surface area contributed by atoms with Crippen molar-refractivity contribution in [3.63, 3.8) is 0 Å². The van der Waals surface area contributed by atoms with E-state index < -0.39 is 10.0 Å². The third-order valence-electron chi connectivity index (χ3n) is 1.34. The first kappa shape index (κ1) is 12.1. The Morgan fingerprint density at radius 1 is 1.54 bits per heavy atom. The van der Waals surface area contributed by atoms with Crippen LogP contribution in [0.4, 0.5) is 0 Å². The maximum absolute atomic E-state index is 11.2. The van der Waals surface area contributed by atoms with Gasteiger partial charge in [0.1, 0.15) is 0 Å². The lowest BCUT2D eigenvalue weighted by molar-refractivity contribution is 0.521. The number of hydrogen-bond donors (Lipinski definition) is 3. The minimum absolute atomic E-state index is 0.0222. The van der Waals surface area contributed by atoms with Crippen LogP contribution in [0, 0.1) is 0 Å². The van der Waals surface area contributed by atoms with Crippen molar-refractivity contribution in [1.29, 1.82) is 0 Å². The molecule has 13 heavy (non-hydrogen) atoms. The standard InChI is InChI=1S/C5H15N5O2S/c1-10(2)13(11,12)4-3-8-5(6)9-7/h3-4,7H2,1-2H3,(H3,6,8,9). The molecule has 8 heteroatoms. The quantitative estimate of drug-likeness (QED) is 0.208. The Hall–Kier alpha value is -0.860. The van der Waals surface area contributed by atoms with Gasteiger partial charge in [-0.05, 0) is 0 Å². The van der Waals surface area contributed by atoms with Crippen molar-refractivity contribution in [1.82, 2.24) is 9.73 Å². The number of hydrazine groups is 1. The first-order chi connectivity index (χ1) is 5.90. The molecule has 0 aromatic heterocycles. The zero-order valence-electron chi connectivity index (χ0n) is 7.69. The van der Waals surface area contributed by atoms with E-state index in [1.165, 1.54) is 14.1 Å². The molecule has 7 nitrogen and oxygen atoms in total. The molecular weight excluding hydrogens is 194 g/mol. The van der Waals surface area contributed by atoms with Gasteiger partial charge in [0.05, 0.1) is 12.3 Å². The van der Waals surface area contributed by atoms with E-state index in [1.54, 1.807) is 0 Å². The Balaban J connectivity index is 4.05. The van der Waals surface area contributed by atoms with Crippen LogP contribution in [0.5, 0.6) is 0 Å². The lowest BCUT2D eigenvalue weighted by Gasteiger charge is -2.09. The first-order valence-electron chi connectivity index (χ1n) is 3.57. The van der Waals surface area contributed by atoms with Crippen LogP contribution in [-0.2, 0) is 10.0 Å². The molecule has 0 unspecified atom stereocenters. The highest BCUT2D eigenvalue weighted by Gasteiger charge is 2.11. The van der Waals surface area contributed by atoms with Crippen LogP contribution in [0.2, 0.25) is 0 Å². The van der Waals surface area contributed by atoms with Crippen molar-refractivity contribution in [2.45, 2.75) is 0 Å². The van der Waals surface area contributed by atoms with Crippen molar-refractivity contribution in [3.8, 4) is 0 Å². The fourth-order valence-electron chi connectivity index (χ4n) is 0.510. The summed E-state index contributed by atoms with van der Waals surface area (Å²) in [5.41, 5.74) is 7.28. The van der Waals surface area contributed by atoms with E-state index in [2.05, 4.69) is 10.4 Å². The second kappa shape index (κ2) is 5.00. The number of guanidine groups is 1. The largest absolute Gasteiger partial charge is 0.369 e. The third-order valence-corrected chi connectivity index (χ3v) is 3.15. The second-order valence-corrected chi connectivity index (χ2v) is 4.81. The third kappa shape index (κ3) is 4.65. The Bertz CT molecular complexity index is 271. The number of rotatable bonds is 4. The summed E-state index contributed by atoms with van der Waals surface area (Å²) in [6.07, 6.45) is 0. The maximum Gasteiger partial charge on any atom is 0.215 e. The Morgan fingerprint density at radius 3 is 2.46 bits per heavy atom. The summed E-state index contributed by atoms with van der Waals surface area (Å²) < 4.78 is 23.5. The smallest absolute Gasteiger partial charge is 0.215 e. The summed E-state index contributed by atoms with van der Waals surface area (Å²) in [5.74, 6) is 4.86. The number of nitrogens with zero attached hydrogens (tertiary/aromatic N) is 2. The molecule has 0 fully saturated rings. The predicted octanol–water partition coefficient (Wildman–Crippen LogP) is -2.34. The molecule has 0 saturated carbocycles. The highest BCUT2D eigenvalue weighted by atomic mass is 32.2. The van der Waals surface area contributed by atoms with Gasteiger partial charge in [-0.25, -0.2) is 18.6 Å². The zero-order valence-corrected chi connectivity index (χ0v) is 8.50. The summed E-state index contributed by atoms with van der Waals surface area (Å²) in [6, 6.07) is 0. The second-order valence-electron chi connectivity index (χ2n) is 2.51. The van der Waals surface area contributed by atoms with Gasteiger partial charge in [0.15, 0.2) is 0 Å². The van der Waals surface area contributed by atoms with E-state index in [4.69, 9.17) is 11.6 Å². The molecule has 0 amide bonds. The normalized spacial score (nSPS) is 13.4. The molecule has 0 radical (unpaired) electrons. The molecule has 0 bridgehead atoms. The Labute approximate surface area is 77.8 Å². The molecular formula is C5H15N5O2S. The average molecular weight is 209 g/mol. The summed E-state index contributed by atoms with van der Waals surface area (Å²) >= 11 is 0. The molecule has 0 aliphatic carbocycles. The van der Waals surface area contributed by atoms with Crippen LogP contribution in [0.1, 0.15) is 0 Å². The maximum atomic E-state index is 11.2. The highest BCUT2D eigenvalue weighted by Crippen LogP contribution is 1.93. The number of sulfonamides is 1. The van der Waals surface area contributed by atoms with E-state index in [-0.39, 0.29) is 18.3 Å². The van der Waals surface area contributed by atoms with Gasteiger partial charge < -0.3 is 5.73 Å². The lowest BCUT2D eigenvalue weighted by Crippen LogP contribution is -2.37. The Kier molecular flexibility index (Phi) is 4.67. The van der Waals surface area contributed by atoms with E-state index in [9.17, 15) is 8.42 Å². The molecule has 0 aromatic rings. The summed E-state index contributed by atoms with van der Waals surface area (Å²) in [5, 5.41) is 0. The summed E-state index contributed by atoms with van der Waals surface area (Å²) in [7, 11) is -0.276.